The summed E-state index contributed by atoms with van der Waals surface area (Å²) in [6, 6.07) is 15.9. The van der Waals surface area contributed by atoms with Crippen LogP contribution in [0.3, 0.4) is 0 Å². The van der Waals surface area contributed by atoms with E-state index in [4.69, 9.17) is 0 Å². The average molecular weight is 292 g/mol. The second-order valence-electron chi connectivity index (χ2n) is 7.77. The van der Waals surface area contributed by atoms with Gasteiger partial charge in [-0.25, -0.2) is 0 Å². The molecule has 3 rings (SSSR count). The Morgan fingerprint density at radius 1 is 0.955 bits per heavy atom. The summed E-state index contributed by atoms with van der Waals surface area (Å²) in [7, 11) is 0. The number of benzene rings is 2. The van der Waals surface area contributed by atoms with Crippen LogP contribution < -0.4 is 0 Å². The Morgan fingerprint density at radius 2 is 1.68 bits per heavy atom. The highest BCUT2D eigenvalue weighted by atomic mass is 14.3. The molecule has 0 heterocycles. The van der Waals surface area contributed by atoms with Gasteiger partial charge in [-0.15, -0.1) is 0 Å². The molecule has 2 aromatic rings. The molecule has 1 unspecified atom stereocenters. The number of rotatable bonds is 4. The lowest BCUT2D eigenvalue weighted by Gasteiger charge is -2.33. The lowest BCUT2D eigenvalue weighted by Crippen LogP contribution is -2.20. The van der Waals surface area contributed by atoms with Crippen LogP contribution in [0.1, 0.15) is 69.6 Å². The summed E-state index contributed by atoms with van der Waals surface area (Å²) in [6.45, 7) is 9.49. The molecule has 0 nitrogen and oxygen atoms in total. The maximum atomic E-state index is 2.40. The van der Waals surface area contributed by atoms with Crippen LogP contribution >= 0.6 is 0 Å². The molecule has 0 bridgehead atoms. The van der Waals surface area contributed by atoms with E-state index < -0.39 is 0 Å². The first-order valence-corrected chi connectivity index (χ1v) is 8.72. The van der Waals surface area contributed by atoms with E-state index in [0.29, 0.717) is 11.3 Å². The molecule has 116 valence electrons. The molecule has 0 N–H and O–H groups in total. The minimum absolute atomic E-state index is 0.319. The van der Waals surface area contributed by atoms with Gasteiger partial charge in [0.25, 0.3) is 0 Å². The monoisotopic (exact) mass is 292 g/mol. The molecule has 1 aliphatic rings. The summed E-state index contributed by atoms with van der Waals surface area (Å²) < 4.78 is 0. The van der Waals surface area contributed by atoms with Gasteiger partial charge in [-0.2, -0.15) is 0 Å². The highest BCUT2D eigenvalue weighted by Crippen LogP contribution is 2.46. The molecule has 0 fully saturated rings. The van der Waals surface area contributed by atoms with E-state index in [1.807, 2.05) is 0 Å². The van der Waals surface area contributed by atoms with Crippen molar-refractivity contribution in [3.05, 3.63) is 59.2 Å². The summed E-state index contributed by atoms with van der Waals surface area (Å²) in [5.41, 5.74) is 7.91. The molecule has 1 atom stereocenters. The molecular weight excluding hydrogens is 264 g/mol. The van der Waals surface area contributed by atoms with Crippen molar-refractivity contribution < 1.29 is 0 Å². The molecular formula is C22H28. The summed E-state index contributed by atoms with van der Waals surface area (Å²) >= 11 is 0. The first kappa shape index (κ1) is 15.3. The van der Waals surface area contributed by atoms with Gasteiger partial charge in [-0.1, -0.05) is 83.0 Å². The highest BCUT2D eigenvalue weighted by molar-refractivity contribution is 5.78. The minimum atomic E-state index is 0.319. The van der Waals surface area contributed by atoms with Crippen molar-refractivity contribution in [3.63, 3.8) is 0 Å². The Hall–Kier alpha value is -1.56. The van der Waals surface area contributed by atoms with Crippen LogP contribution in [0.25, 0.3) is 11.1 Å². The van der Waals surface area contributed by atoms with Crippen LogP contribution in [0.5, 0.6) is 0 Å². The van der Waals surface area contributed by atoms with Crippen molar-refractivity contribution in [2.24, 2.45) is 5.41 Å². The van der Waals surface area contributed by atoms with E-state index in [0.717, 1.165) is 6.42 Å². The summed E-state index contributed by atoms with van der Waals surface area (Å²) in [6.07, 6.45) is 5.01. The Balaban J connectivity index is 2.06. The maximum Gasteiger partial charge on any atom is -0.00106 e. The van der Waals surface area contributed by atoms with E-state index in [1.165, 1.54) is 36.0 Å². The van der Waals surface area contributed by atoms with Crippen molar-refractivity contribution in [1.29, 1.82) is 0 Å². The van der Waals surface area contributed by atoms with Crippen LogP contribution in [0, 0.1) is 5.41 Å². The van der Waals surface area contributed by atoms with E-state index in [1.54, 1.807) is 11.1 Å². The highest BCUT2D eigenvalue weighted by Gasteiger charge is 2.30. The maximum absolute atomic E-state index is 2.40. The zero-order valence-electron chi connectivity index (χ0n) is 14.4. The summed E-state index contributed by atoms with van der Waals surface area (Å²) in [4.78, 5) is 0. The first-order chi connectivity index (χ1) is 10.5. The Labute approximate surface area is 135 Å². The summed E-state index contributed by atoms with van der Waals surface area (Å²) in [5.74, 6) is 0.650. The third kappa shape index (κ3) is 2.72. The molecule has 0 aromatic heterocycles. The Morgan fingerprint density at radius 3 is 2.41 bits per heavy atom. The summed E-state index contributed by atoms with van der Waals surface area (Å²) in [5, 5.41) is 0. The number of hydrogen-bond donors (Lipinski definition) is 0. The number of hydrogen-bond acceptors (Lipinski definition) is 0. The predicted octanol–water partition coefficient (Wildman–Crippen LogP) is 6.58. The largest absolute Gasteiger partial charge is 0.0654 e. The molecule has 22 heavy (non-hydrogen) atoms. The van der Waals surface area contributed by atoms with Crippen LogP contribution in [-0.4, -0.2) is 0 Å². The van der Waals surface area contributed by atoms with Gasteiger partial charge in [0.1, 0.15) is 0 Å². The van der Waals surface area contributed by atoms with Gasteiger partial charge in [-0.3, -0.25) is 0 Å². The average Bonchev–Trinajstić information content (AvgIpc) is 2.86. The third-order valence-corrected chi connectivity index (χ3v) is 5.15. The second kappa shape index (κ2) is 5.91. The number of unbranched alkanes of at least 4 members (excludes halogenated alkanes) is 1. The van der Waals surface area contributed by atoms with Gasteiger partial charge in [-0.05, 0) is 52.0 Å². The third-order valence-electron chi connectivity index (χ3n) is 5.15. The van der Waals surface area contributed by atoms with Gasteiger partial charge in [0.2, 0.25) is 0 Å². The predicted molar refractivity (Wildman–Crippen MR) is 96.4 cm³/mol. The van der Waals surface area contributed by atoms with Gasteiger partial charge in [0, 0.05) is 0 Å². The lowest BCUT2D eigenvalue weighted by molar-refractivity contribution is 0.298. The molecule has 0 spiro atoms. The van der Waals surface area contributed by atoms with Gasteiger partial charge >= 0.3 is 0 Å². The normalized spacial score (nSPS) is 14.5. The standard InChI is InChI=1S/C22H28/c1-5-6-14-21(22(2,3)4)19-13-9-12-18-17-11-8-7-10-16(17)15-20(18)19/h7-13,21H,5-6,14-15H2,1-4H3. The zero-order chi connectivity index (χ0) is 15.7. The fraction of sp³-hybridized carbons (Fsp3) is 0.455. The SMILES string of the molecule is CCCCC(c1cccc2c1Cc1ccccc1-2)C(C)(C)C. The van der Waals surface area contributed by atoms with Crippen molar-refractivity contribution in [2.75, 3.05) is 0 Å². The Bertz CT molecular complexity index is 658. The molecule has 0 aliphatic heterocycles. The molecule has 2 aromatic carbocycles. The smallest absolute Gasteiger partial charge is 0.00106 e. The molecule has 0 radical (unpaired) electrons. The van der Waals surface area contributed by atoms with Crippen LogP contribution in [0.4, 0.5) is 0 Å². The van der Waals surface area contributed by atoms with Crippen LogP contribution in [0.15, 0.2) is 42.5 Å². The quantitative estimate of drug-likeness (QED) is 0.509. The van der Waals surface area contributed by atoms with Crippen molar-refractivity contribution in [1.82, 2.24) is 0 Å². The van der Waals surface area contributed by atoms with E-state index in [-0.39, 0.29) is 0 Å². The molecule has 0 amide bonds. The van der Waals surface area contributed by atoms with Crippen LogP contribution in [0.2, 0.25) is 0 Å². The van der Waals surface area contributed by atoms with Gasteiger partial charge in [0.15, 0.2) is 0 Å². The molecule has 0 saturated heterocycles. The number of fused-ring (bicyclic) bond motifs is 3. The fourth-order valence-electron chi connectivity index (χ4n) is 3.97. The topological polar surface area (TPSA) is 0 Å². The Kier molecular flexibility index (Phi) is 4.12. The van der Waals surface area contributed by atoms with Crippen molar-refractivity contribution in [2.45, 2.75) is 59.3 Å². The lowest BCUT2D eigenvalue weighted by atomic mass is 9.72. The van der Waals surface area contributed by atoms with Gasteiger partial charge < -0.3 is 0 Å². The molecule has 0 heteroatoms. The molecule has 0 saturated carbocycles. The minimum Gasteiger partial charge on any atom is -0.0654 e. The van der Waals surface area contributed by atoms with E-state index >= 15 is 0 Å². The van der Waals surface area contributed by atoms with E-state index in [2.05, 4.69) is 70.2 Å². The van der Waals surface area contributed by atoms with E-state index in [9.17, 15) is 0 Å². The van der Waals surface area contributed by atoms with Crippen LogP contribution in [-0.2, 0) is 6.42 Å². The van der Waals surface area contributed by atoms with Crippen molar-refractivity contribution in [3.8, 4) is 11.1 Å². The first-order valence-electron chi connectivity index (χ1n) is 8.72. The zero-order valence-corrected chi connectivity index (χ0v) is 14.4. The fourth-order valence-corrected chi connectivity index (χ4v) is 3.97. The molecule has 1 aliphatic carbocycles. The van der Waals surface area contributed by atoms with Gasteiger partial charge in [0.05, 0.1) is 0 Å². The van der Waals surface area contributed by atoms with Crippen molar-refractivity contribution >= 4 is 0 Å². The second-order valence-corrected chi connectivity index (χ2v) is 7.77.